The normalized spacial score (nSPS) is 20.7. The average Bonchev–Trinajstić information content (AvgIpc) is 2.61. The van der Waals surface area contributed by atoms with E-state index in [-0.39, 0.29) is 6.61 Å². The van der Waals surface area contributed by atoms with Gasteiger partial charge >= 0.3 is 0 Å². The Labute approximate surface area is 162 Å². The number of rotatable bonds is 4. The summed E-state index contributed by atoms with van der Waals surface area (Å²) < 4.78 is 34.2. The molecule has 2 atom stereocenters. The fourth-order valence-corrected chi connectivity index (χ4v) is 3.51. The minimum Gasteiger partial charge on any atom is -0.485 e. The fourth-order valence-electron chi connectivity index (χ4n) is 3.16. The number of nitrogens with zero attached hydrogens (tertiary/aromatic N) is 2. The lowest BCUT2D eigenvalue weighted by Crippen LogP contribution is -2.52. The van der Waals surface area contributed by atoms with Crippen LogP contribution in [0.2, 0.25) is 0 Å². The van der Waals surface area contributed by atoms with E-state index >= 15 is 0 Å². The highest BCUT2D eigenvalue weighted by atomic mass is 32.2. The first kappa shape index (κ1) is 20.1. The summed E-state index contributed by atoms with van der Waals surface area (Å²) in [6, 6.07) is 8.92. The van der Waals surface area contributed by atoms with Crippen molar-refractivity contribution in [1.82, 2.24) is 4.57 Å². The first-order chi connectivity index (χ1) is 13.0. The van der Waals surface area contributed by atoms with Crippen molar-refractivity contribution in [3.05, 3.63) is 63.6 Å². The van der Waals surface area contributed by atoms with Crippen molar-refractivity contribution in [3.8, 4) is 11.8 Å². The molecule has 8 nitrogen and oxygen atoms in total. The molecule has 0 saturated carbocycles. The summed E-state index contributed by atoms with van der Waals surface area (Å²) >= 11 is 0. The van der Waals surface area contributed by atoms with Crippen molar-refractivity contribution in [2.75, 3.05) is 6.26 Å². The molecule has 1 N–H and O–H groups in total. The quantitative estimate of drug-likeness (QED) is 0.763. The third kappa shape index (κ3) is 3.94. The number of nitriles is 1. The molecule has 0 radical (unpaired) electrons. The summed E-state index contributed by atoms with van der Waals surface area (Å²) in [5.41, 5.74) is -0.120. The monoisotopic (exact) mass is 404 g/mol. The topological polar surface area (TPSA) is 119 Å². The molecule has 1 aliphatic heterocycles. The van der Waals surface area contributed by atoms with Gasteiger partial charge in [0.1, 0.15) is 17.5 Å². The van der Waals surface area contributed by atoms with Crippen molar-refractivity contribution in [2.24, 2.45) is 0 Å². The Hall–Kier alpha value is -2.67. The lowest BCUT2D eigenvalue weighted by molar-refractivity contribution is -0.0643. The molecule has 0 bridgehead atoms. The Bertz CT molecular complexity index is 1110. The maximum atomic E-state index is 12.7. The minimum absolute atomic E-state index is 0.258. The molecule has 1 aromatic heterocycles. The molecular formula is C19H20N2O6S. The maximum Gasteiger partial charge on any atom is 0.264 e. The van der Waals surface area contributed by atoms with Gasteiger partial charge in [0.15, 0.2) is 0 Å². The van der Waals surface area contributed by atoms with E-state index in [1.165, 1.54) is 16.8 Å². The molecule has 0 aliphatic carbocycles. The number of benzene rings is 1. The summed E-state index contributed by atoms with van der Waals surface area (Å²) in [5, 5.41) is 20.1. The predicted octanol–water partition coefficient (Wildman–Crippen LogP) is 1.32. The van der Waals surface area contributed by atoms with Crippen LogP contribution < -0.4 is 10.3 Å². The van der Waals surface area contributed by atoms with Crippen molar-refractivity contribution in [3.63, 3.8) is 0 Å². The molecule has 2 aromatic rings. The highest BCUT2D eigenvalue weighted by Crippen LogP contribution is 2.41. The molecule has 1 aliphatic rings. The molecule has 0 unspecified atom stereocenters. The number of aliphatic hydroxyl groups is 1. The summed E-state index contributed by atoms with van der Waals surface area (Å²) in [6.07, 6.45) is 1.34. The van der Waals surface area contributed by atoms with Crippen molar-refractivity contribution < 1.29 is 22.4 Å². The van der Waals surface area contributed by atoms with Gasteiger partial charge in [0.25, 0.3) is 15.7 Å². The zero-order chi connectivity index (χ0) is 20.7. The third-order valence-electron chi connectivity index (χ3n) is 4.59. The van der Waals surface area contributed by atoms with E-state index in [1.807, 2.05) is 6.07 Å². The lowest BCUT2D eigenvalue weighted by Gasteiger charge is -2.42. The van der Waals surface area contributed by atoms with Crippen molar-refractivity contribution in [1.29, 1.82) is 5.26 Å². The molecule has 3 rings (SSSR count). The van der Waals surface area contributed by atoms with E-state index in [4.69, 9.17) is 8.92 Å². The van der Waals surface area contributed by atoms with E-state index in [2.05, 4.69) is 0 Å². The predicted molar refractivity (Wildman–Crippen MR) is 100 cm³/mol. The van der Waals surface area contributed by atoms with Gasteiger partial charge in [-0.1, -0.05) is 0 Å². The van der Waals surface area contributed by atoms with E-state index in [1.54, 1.807) is 38.1 Å². The number of aromatic nitrogens is 1. The number of fused-ring (bicyclic) bond motifs is 1. The van der Waals surface area contributed by atoms with E-state index < -0.39 is 33.4 Å². The maximum absolute atomic E-state index is 12.7. The number of ether oxygens (including phenoxy) is 1. The Morgan fingerprint density at radius 1 is 1.32 bits per heavy atom. The van der Waals surface area contributed by atoms with Crippen LogP contribution in [0.3, 0.4) is 0 Å². The standard InChI is InChI=1S/C19H20N2O6S/c1-19(2)18(23)17(14-8-12(10-20)4-5-15(14)27-19)21-7-6-13(9-16(21)22)11-26-28(3,24)25/h4-9,17-18,23H,11H2,1-3H3/t17-,18+/m1/s1. The van der Waals surface area contributed by atoms with Crippen LogP contribution in [-0.4, -0.2) is 36.1 Å². The second-order valence-electron chi connectivity index (χ2n) is 7.21. The molecule has 0 amide bonds. The Kier molecular flexibility index (Phi) is 5.06. The van der Waals surface area contributed by atoms with Gasteiger partial charge < -0.3 is 14.4 Å². The Morgan fingerprint density at radius 3 is 2.64 bits per heavy atom. The van der Waals surface area contributed by atoms with E-state index in [0.29, 0.717) is 22.4 Å². The van der Waals surface area contributed by atoms with Crippen LogP contribution >= 0.6 is 0 Å². The average molecular weight is 404 g/mol. The molecular weight excluding hydrogens is 384 g/mol. The van der Waals surface area contributed by atoms with Gasteiger partial charge in [0.05, 0.1) is 30.5 Å². The van der Waals surface area contributed by atoms with Crippen LogP contribution in [0.4, 0.5) is 0 Å². The van der Waals surface area contributed by atoms with Crippen LogP contribution in [0.15, 0.2) is 41.3 Å². The van der Waals surface area contributed by atoms with Crippen LogP contribution in [0.25, 0.3) is 0 Å². The smallest absolute Gasteiger partial charge is 0.264 e. The van der Waals surface area contributed by atoms with Crippen LogP contribution in [-0.2, 0) is 20.9 Å². The van der Waals surface area contributed by atoms with E-state index in [0.717, 1.165) is 6.26 Å². The van der Waals surface area contributed by atoms with Crippen LogP contribution in [0, 0.1) is 11.3 Å². The minimum atomic E-state index is -3.63. The number of hydrogen-bond acceptors (Lipinski definition) is 7. The van der Waals surface area contributed by atoms with Gasteiger partial charge in [0, 0.05) is 17.8 Å². The largest absolute Gasteiger partial charge is 0.485 e. The van der Waals surface area contributed by atoms with Crippen LogP contribution in [0.5, 0.6) is 5.75 Å². The van der Waals surface area contributed by atoms with E-state index in [9.17, 15) is 23.6 Å². The highest BCUT2D eigenvalue weighted by Gasteiger charge is 2.44. The summed E-state index contributed by atoms with van der Waals surface area (Å²) in [7, 11) is -3.63. The van der Waals surface area contributed by atoms with Crippen LogP contribution in [0.1, 0.15) is 36.6 Å². The third-order valence-corrected chi connectivity index (χ3v) is 5.14. The summed E-state index contributed by atoms with van der Waals surface area (Å²) in [6.45, 7) is 3.17. The fraction of sp³-hybridized carbons (Fsp3) is 0.368. The van der Waals surface area contributed by atoms with Gasteiger partial charge in [-0.05, 0) is 43.7 Å². The number of aliphatic hydroxyl groups excluding tert-OH is 1. The first-order valence-electron chi connectivity index (χ1n) is 8.48. The number of hydrogen-bond donors (Lipinski definition) is 1. The zero-order valence-corrected chi connectivity index (χ0v) is 16.4. The zero-order valence-electron chi connectivity index (χ0n) is 15.6. The second-order valence-corrected chi connectivity index (χ2v) is 8.85. The van der Waals surface area contributed by atoms with Gasteiger partial charge in [-0.15, -0.1) is 0 Å². The molecule has 9 heteroatoms. The second kappa shape index (κ2) is 7.05. The van der Waals surface area contributed by atoms with Gasteiger partial charge in [-0.2, -0.15) is 13.7 Å². The molecule has 0 saturated heterocycles. The highest BCUT2D eigenvalue weighted by molar-refractivity contribution is 7.85. The Morgan fingerprint density at radius 2 is 2.04 bits per heavy atom. The number of pyridine rings is 1. The molecule has 2 heterocycles. The summed E-state index contributed by atoms with van der Waals surface area (Å²) in [5.74, 6) is 0.482. The Balaban J connectivity index is 2.07. The summed E-state index contributed by atoms with van der Waals surface area (Å²) in [4.78, 5) is 12.7. The molecule has 148 valence electrons. The molecule has 0 spiro atoms. The first-order valence-corrected chi connectivity index (χ1v) is 10.3. The molecule has 28 heavy (non-hydrogen) atoms. The van der Waals surface area contributed by atoms with Crippen molar-refractivity contribution >= 4 is 10.1 Å². The molecule has 1 aromatic carbocycles. The SMILES string of the molecule is CC1(C)Oc2ccc(C#N)cc2[C@@H](n2ccc(COS(C)(=O)=O)cc2=O)[C@@H]1O. The van der Waals surface area contributed by atoms with Gasteiger partial charge in [-0.3, -0.25) is 8.98 Å². The van der Waals surface area contributed by atoms with Gasteiger partial charge in [0.2, 0.25) is 0 Å². The molecule has 0 fully saturated rings. The van der Waals surface area contributed by atoms with Gasteiger partial charge in [-0.25, -0.2) is 0 Å². The lowest BCUT2D eigenvalue weighted by atomic mass is 9.85. The van der Waals surface area contributed by atoms with Crippen molar-refractivity contribution in [2.45, 2.75) is 38.2 Å².